The minimum absolute atomic E-state index is 0.0614. The minimum atomic E-state index is -0.194. The summed E-state index contributed by atoms with van der Waals surface area (Å²) in [7, 11) is 1.75. The normalized spacial score (nSPS) is 16.0. The van der Waals surface area contributed by atoms with E-state index in [0.717, 1.165) is 6.42 Å². The van der Waals surface area contributed by atoms with Crippen LogP contribution in [0.3, 0.4) is 0 Å². The highest BCUT2D eigenvalue weighted by Gasteiger charge is 2.24. The molecule has 0 spiro atoms. The number of nitrogens with zero attached hydrogens (tertiary/aromatic N) is 2. The smallest absolute Gasteiger partial charge is 0.253 e. The van der Waals surface area contributed by atoms with Crippen LogP contribution < -0.4 is 16.2 Å². The van der Waals surface area contributed by atoms with Gasteiger partial charge in [0.1, 0.15) is 0 Å². The van der Waals surface area contributed by atoms with E-state index in [1.54, 1.807) is 36.2 Å². The lowest BCUT2D eigenvalue weighted by atomic mass is 10.0. The lowest BCUT2D eigenvalue weighted by Crippen LogP contribution is -2.50. The highest BCUT2D eigenvalue weighted by Crippen LogP contribution is 2.18. The predicted octanol–water partition coefficient (Wildman–Crippen LogP) is 1.29. The highest BCUT2D eigenvalue weighted by molar-refractivity contribution is 6.01. The van der Waals surface area contributed by atoms with Gasteiger partial charge in [0.2, 0.25) is 11.8 Å². The van der Waals surface area contributed by atoms with Crippen molar-refractivity contribution in [2.24, 2.45) is 11.7 Å². The number of rotatable bonds is 6. The van der Waals surface area contributed by atoms with Crippen LogP contribution >= 0.6 is 0 Å². The summed E-state index contributed by atoms with van der Waals surface area (Å²) in [5, 5.41) is 1.23. The Morgan fingerprint density at radius 1 is 1.24 bits per heavy atom. The molecule has 0 bridgehead atoms. The first-order chi connectivity index (χ1) is 11.8. The molecule has 0 aliphatic carbocycles. The van der Waals surface area contributed by atoms with Crippen LogP contribution in [0, 0.1) is 5.92 Å². The monoisotopic (exact) mass is 346 g/mol. The third-order valence-corrected chi connectivity index (χ3v) is 4.43. The second kappa shape index (κ2) is 8.11. The zero-order valence-corrected chi connectivity index (χ0v) is 15.0. The molecule has 1 heterocycles. The molecule has 1 aliphatic heterocycles. The van der Waals surface area contributed by atoms with E-state index in [4.69, 9.17) is 5.73 Å². The summed E-state index contributed by atoms with van der Waals surface area (Å²) < 4.78 is 0. The number of hydrogen-bond acceptors (Lipinski definition) is 4. The first-order valence-electron chi connectivity index (χ1n) is 8.53. The summed E-state index contributed by atoms with van der Waals surface area (Å²) in [6, 6.07) is 6.69. The molecule has 25 heavy (non-hydrogen) atoms. The van der Waals surface area contributed by atoms with Crippen LogP contribution in [0.4, 0.5) is 5.69 Å². The number of hydrazine groups is 1. The number of benzene rings is 1. The van der Waals surface area contributed by atoms with E-state index >= 15 is 0 Å². The van der Waals surface area contributed by atoms with Crippen LogP contribution in [0.15, 0.2) is 24.3 Å². The van der Waals surface area contributed by atoms with Gasteiger partial charge < -0.3 is 10.6 Å². The summed E-state index contributed by atoms with van der Waals surface area (Å²) >= 11 is 0. The van der Waals surface area contributed by atoms with Gasteiger partial charge in [-0.25, -0.2) is 5.01 Å². The molecule has 136 valence electrons. The van der Waals surface area contributed by atoms with E-state index in [-0.39, 0.29) is 36.6 Å². The summed E-state index contributed by atoms with van der Waals surface area (Å²) in [5.41, 5.74) is 9.62. The molecule has 2 rings (SSSR count). The van der Waals surface area contributed by atoms with Crippen LogP contribution in [-0.2, 0) is 9.59 Å². The molecule has 1 unspecified atom stereocenters. The maximum atomic E-state index is 12.5. The first kappa shape index (κ1) is 18.9. The third kappa shape index (κ3) is 4.79. The Labute approximate surface area is 148 Å². The van der Waals surface area contributed by atoms with Crippen LogP contribution in [0.1, 0.15) is 43.5 Å². The molecule has 0 radical (unpaired) electrons. The number of anilines is 1. The van der Waals surface area contributed by atoms with Crippen molar-refractivity contribution in [1.82, 2.24) is 10.3 Å². The van der Waals surface area contributed by atoms with Crippen LogP contribution in [0.25, 0.3) is 0 Å². The Kier molecular flexibility index (Phi) is 6.14. The molecule has 1 aliphatic rings. The average Bonchev–Trinajstić information content (AvgIpc) is 2.60. The SMILES string of the molecule is CC(C)C(N)CCN(C)C(=O)c1ccc(N2NC(=O)CCC2=O)cc1. The van der Waals surface area contributed by atoms with E-state index in [9.17, 15) is 14.4 Å². The number of carbonyl (C=O) groups is 3. The number of hydrogen-bond donors (Lipinski definition) is 2. The first-order valence-corrected chi connectivity index (χ1v) is 8.53. The molecule has 0 saturated carbocycles. The zero-order valence-electron chi connectivity index (χ0n) is 15.0. The fraction of sp³-hybridized carbons (Fsp3) is 0.500. The van der Waals surface area contributed by atoms with Gasteiger partial charge in [-0.2, -0.15) is 0 Å². The molecule has 7 nitrogen and oxygen atoms in total. The van der Waals surface area contributed by atoms with Crippen molar-refractivity contribution in [2.45, 2.75) is 39.2 Å². The standard InChI is InChI=1S/C18H26N4O3/c1-12(2)15(19)10-11-21(3)18(25)13-4-6-14(7-5-13)22-17(24)9-8-16(23)20-22/h4-7,12,15H,8-11,19H2,1-3H3,(H,20,23). The molecule has 1 aromatic carbocycles. The van der Waals surface area contributed by atoms with Crippen molar-refractivity contribution in [2.75, 3.05) is 18.6 Å². The quantitative estimate of drug-likeness (QED) is 0.811. The van der Waals surface area contributed by atoms with Gasteiger partial charge >= 0.3 is 0 Å². The molecule has 3 amide bonds. The van der Waals surface area contributed by atoms with Gasteiger partial charge in [0, 0.05) is 38.0 Å². The van der Waals surface area contributed by atoms with Gasteiger partial charge in [0.25, 0.3) is 5.91 Å². The number of amides is 3. The van der Waals surface area contributed by atoms with Gasteiger partial charge in [-0.3, -0.25) is 19.8 Å². The van der Waals surface area contributed by atoms with Gasteiger partial charge in [-0.1, -0.05) is 13.8 Å². The summed E-state index contributed by atoms with van der Waals surface area (Å²) in [5.74, 6) is -0.0870. The second-order valence-electron chi connectivity index (χ2n) is 6.73. The largest absolute Gasteiger partial charge is 0.342 e. The lowest BCUT2D eigenvalue weighted by molar-refractivity contribution is -0.130. The topological polar surface area (TPSA) is 95.7 Å². The van der Waals surface area contributed by atoms with Crippen molar-refractivity contribution >= 4 is 23.4 Å². The Morgan fingerprint density at radius 3 is 2.48 bits per heavy atom. The molecule has 3 N–H and O–H groups in total. The Balaban J connectivity index is 2.00. The van der Waals surface area contributed by atoms with Crippen molar-refractivity contribution in [3.8, 4) is 0 Å². The summed E-state index contributed by atoms with van der Waals surface area (Å²) in [6.07, 6.45) is 1.13. The second-order valence-corrected chi connectivity index (χ2v) is 6.73. The van der Waals surface area contributed by atoms with Crippen LogP contribution in [-0.4, -0.2) is 42.3 Å². The van der Waals surface area contributed by atoms with Crippen molar-refractivity contribution in [3.63, 3.8) is 0 Å². The molecule has 7 heteroatoms. The summed E-state index contributed by atoms with van der Waals surface area (Å²) in [6.45, 7) is 4.71. The molecule has 1 fully saturated rings. The maximum absolute atomic E-state index is 12.5. The molecular weight excluding hydrogens is 320 g/mol. The molecule has 1 aromatic rings. The fourth-order valence-corrected chi connectivity index (χ4v) is 2.53. The Bertz CT molecular complexity index is 642. The Morgan fingerprint density at radius 2 is 1.88 bits per heavy atom. The minimum Gasteiger partial charge on any atom is -0.342 e. The lowest BCUT2D eigenvalue weighted by Gasteiger charge is -2.27. The number of nitrogens with one attached hydrogen (secondary N) is 1. The van der Waals surface area contributed by atoms with Gasteiger partial charge in [0.05, 0.1) is 5.69 Å². The maximum Gasteiger partial charge on any atom is 0.253 e. The van der Waals surface area contributed by atoms with E-state index < -0.39 is 0 Å². The number of nitrogens with two attached hydrogens (primary N) is 1. The predicted molar refractivity (Wildman–Crippen MR) is 95.7 cm³/mol. The number of carbonyl (C=O) groups excluding carboxylic acids is 3. The third-order valence-electron chi connectivity index (χ3n) is 4.43. The highest BCUT2D eigenvalue weighted by atomic mass is 16.2. The molecule has 1 saturated heterocycles. The van der Waals surface area contributed by atoms with Gasteiger partial charge in [-0.15, -0.1) is 0 Å². The van der Waals surface area contributed by atoms with E-state index in [1.807, 2.05) is 0 Å². The van der Waals surface area contributed by atoms with E-state index in [0.29, 0.717) is 23.7 Å². The van der Waals surface area contributed by atoms with Gasteiger partial charge in [-0.05, 0) is 36.6 Å². The van der Waals surface area contributed by atoms with Gasteiger partial charge in [0.15, 0.2) is 0 Å². The molecule has 0 aromatic heterocycles. The van der Waals surface area contributed by atoms with Crippen LogP contribution in [0.5, 0.6) is 0 Å². The molecule has 1 atom stereocenters. The van der Waals surface area contributed by atoms with E-state index in [1.165, 1.54) is 5.01 Å². The fourth-order valence-electron chi connectivity index (χ4n) is 2.53. The zero-order chi connectivity index (χ0) is 18.6. The van der Waals surface area contributed by atoms with Crippen molar-refractivity contribution in [1.29, 1.82) is 0 Å². The molecular formula is C18H26N4O3. The van der Waals surface area contributed by atoms with Crippen molar-refractivity contribution in [3.05, 3.63) is 29.8 Å². The van der Waals surface area contributed by atoms with Crippen molar-refractivity contribution < 1.29 is 14.4 Å². The van der Waals surface area contributed by atoms with Crippen LogP contribution in [0.2, 0.25) is 0 Å². The van der Waals surface area contributed by atoms with E-state index in [2.05, 4.69) is 19.3 Å². The summed E-state index contributed by atoms with van der Waals surface area (Å²) in [4.78, 5) is 37.5. The Hall–Kier alpha value is -2.41. The average molecular weight is 346 g/mol.